The molecule has 1 saturated heterocycles. The van der Waals surface area contributed by atoms with Crippen LogP contribution in [0.15, 0.2) is 0 Å². The van der Waals surface area contributed by atoms with Gasteiger partial charge in [-0.3, -0.25) is 15.0 Å². The van der Waals surface area contributed by atoms with Gasteiger partial charge in [0.05, 0.1) is 0 Å². The van der Waals surface area contributed by atoms with E-state index in [-0.39, 0.29) is 17.8 Å². The third kappa shape index (κ3) is 20.0. The molecule has 1 heterocycles. The zero-order chi connectivity index (χ0) is 24.7. The van der Waals surface area contributed by atoms with Crippen molar-refractivity contribution in [1.82, 2.24) is 15.5 Å². The lowest BCUT2D eigenvalue weighted by Crippen LogP contribution is -2.37. The van der Waals surface area contributed by atoms with Gasteiger partial charge in [-0.15, -0.1) is 0 Å². The van der Waals surface area contributed by atoms with Gasteiger partial charge in [-0.25, -0.2) is 9.69 Å². The molecule has 3 amide bonds. The van der Waals surface area contributed by atoms with E-state index in [2.05, 4.69) is 17.6 Å². The van der Waals surface area contributed by atoms with E-state index in [9.17, 15) is 14.4 Å². The number of carbonyl (C=O) groups is 3. The van der Waals surface area contributed by atoms with E-state index in [4.69, 9.17) is 16.2 Å². The number of nitrogens with one attached hydrogen (secondary N) is 3. The average Bonchev–Trinajstić information content (AvgIpc) is 3.21. The summed E-state index contributed by atoms with van der Waals surface area (Å²) in [6, 6.07) is 0. The molecule has 1 rings (SSSR count). The first-order valence-corrected chi connectivity index (χ1v) is 12.8. The monoisotopic (exact) mass is 469 g/mol. The SMILES string of the molecule is CCCCCCCCCCCCCCCC(=O)NCCNC(=N)N.O=C(O)N1CCCC1=O. The Bertz CT molecular complexity index is 557. The van der Waals surface area contributed by atoms with Crippen LogP contribution in [0.2, 0.25) is 0 Å². The van der Waals surface area contributed by atoms with Crippen molar-refractivity contribution in [3.63, 3.8) is 0 Å². The number of likely N-dealkylation sites (tertiary alicyclic amines) is 1. The predicted octanol–water partition coefficient (Wildman–Crippen LogP) is 4.35. The minimum Gasteiger partial charge on any atom is -0.465 e. The van der Waals surface area contributed by atoms with Crippen LogP contribution in [-0.2, 0) is 9.59 Å². The van der Waals surface area contributed by atoms with Crippen LogP contribution in [0.4, 0.5) is 4.79 Å². The molecule has 0 atom stereocenters. The number of carboxylic acid groups (broad SMARTS) is 1. The summed E-state index contributed by atoms with van der Waals surface area (Å²) in [5.74, 6) is -0.230. The van der Waals surface area contributed by atoms with Gasteiger partial charge in [0.2, 0.25) is 11.8 Å². The average molecular weight is 470 g/mol. The highest BCUT2D eigenvalue weighted by molar-refractivity contribution is 5.92. The van der Waals surface area contributed by atoms with E-state index in [1.807, 2.05) is 0 Å². The second kappa shape index (κ2) is 21.5. The molecule has 1 aliphatic rings. The number of nitrogens with zero attached hydrogens (tertiary/aromatic N) is 1. The lowest BCUT2D eigenvalue weighted by atomic mass is 10.0. The highest BCUT2D eigenvalue weighted by Gasteiger charge is 2.25. The predicted molar refractivity (Wildman–Crippen MR) is 132 cm³/mol. The lowest BCUT2D eigenvalue weighted by Gasteiger charge is -2.06. The van der Waals surface area contributed by atoms with Crippen molar-refractivity contribution in [1.29, 1.82) is 5.41 Å². The number of hydrogen-bond acceptors (Lipinski definition) is 4. The van der Waals surface area contributed by atoms with E-state index in [1.165, 1.54) is 70.6 Å². The van der Waals surface area contributed by atoms with Crippen LogP contribution in [0.5, 0.6) is 0 Å². The van der Waals surface area contributed by atoms with E-state index < -0.39 is 6.09 Å². The summed E-state index contributed by atoms with van der Waals surface area (Å²) in [5.41, 5.74) is 5.16. The quantitative estimate of drug-likeness (QED) is 0.121. The van der Waals surface area contributed by atoms with Crippen LogP contribution in [0, 0.1) is 5.41 Å². The maximum Gasteiger partial charge on any atom is 0.414 e. The number of hydrogen-bond donors (Lipinski definition) is 5. The Balaban J connectivity index is 0.000000938. The van der Waals surface area contributed by atoms with E-state index in [1.54, 1.807) is 0 Å². The molecular weight excluding hydrogens is 422 g/mol. The van der Waals surface area contributed by atoms with E-state index in [0.717, 1.165) is 17.7 Å². The molecule has 33 heavy (non-hydrogen) atoms. The van der Waals surface area contributed by atoms with Crippen LogP contribution in [0.3, 0.4) is 0 Å². The fraction of sp³-hybridized carbons (Fsp3) is 0.833. The fourth-order valence-corrected chi connectivity index (χ4v) is 3.64. The van der Waals surface area contributed by atoms with Crippen molar-refractivity contribution in [3.05, 3.63) is 0 Å². The summed E-state index contributed by atoms with van der Waals surface area (Å²) in [5, 5.41) is 20.8. The number of unbranched alkanes of at least 4 members (excludes halogenated alkanes) is 12. The van der Waals surface area contributed by atoms with Gasteiger partial charge in [-0.2, -0.15) is 0 Å². The molecule has 1 aliphatic heterocycles. The molecule has 192 valence electrons. The summed E-state index contributed by atoms with van der Waals surface area (Å²) in [7, 11) is 0. The van der Waals surface area contributed by atoms with E-state index in [0.29, 0.717) is 38.9 Å². The summed E-state index contributed by atoms with van der Waals surface area (Å²) >= 11 is 0. The minimum absolute atomic E-state index is 0.0549. The van der Waals surface area contributed by atoms with Crippen molar-refractivity contribution in [3.8, 4) is 0 Å². The normalized spacial score (nSPS) is 12.8. The van der Waals surface area contributed by atoms with Crippen molar-refractivity contribution < 1.29 is 19.5 Å². The highest BCUT2D eigenvalue weighted by atomic mass is 16.4. The number of imide groups is 1. The number of amides is 3. The third-order valence-corrected chi connectivity index (χ3v) is 5.57. The van der Waals surface area contributed by atoms with Crippen LogP contribution in [0.25, 0.3) is 0 Å². The maximum absolute atomic E-state index is 11.6. The summed E-state index contributed by atoms with van der Waals surface area (Å²) in [4.78, 5) is 33.1. The molecule has 1 fully saturated rings. The molecule has 0 spiro atoms. The smallest absolute Gasteiger partial charge is 0.414 e. The van der Waals surface area contributed by atoms with Gasteiger partial charge in [-0.05, 0) is 12.8 Å². The molecular formula is C24H47N5O4. The minimum atomic E-state index is -1.13. The zero-order valence-electron chi connectivity index (χ0n) is 20.6. The number of nitrogens with two attached hydrogens (primary N) is 1. The van der Waals surface area contributed by atoms with Crippen molar-refractivity contribution in [2.75, 3.05) is 19.6 Å². The topological polar surface area (TPSA) is 149 Å². The first-order valence-electron chi connectivity index (χ1n) is 12.8. The number of rotatable bonds is 17. The second-order valence-corrected chi connectivity index (χ2v) is 8.61. The molecule has 9 nitrogen and oxygen atoms in total. The van der Waals surface area contributed by atoms with Crippen LogP contribution in [0.1, 0.15) is 110 Å². The van der Waals surface area contributed by atoms with Gasteiger partial charge in [-0.1, -0.05) is 84.0 Å². The lowest BCUT2D eigenvalue weighted by molar-refractivity contribution is -0.126. The van der Waals surface area contributed by atoms with Crippen molar-refractivity contribution in [2.45, 2.75) is 110 Å². The second-order valence-electron chi connectivity index (χ2n) is 8.61. The molecule has 0 saturated carbocycles. The summed E-state index contributed by atoms with van der Waals surface area (Å²) in [6.07, 6.45) is 17.7. The Morgan fingerprint density at radius 1 is 0.909 bits per heavy atom. The Morgan fingerprint density at radius 3 is 1.79 bits per heavy atom. The largest absolute Gasteiger partial charge is 0.465 e. The molecule has 6 N–H and O–H groups in total. The Kier molecular flexibility index (Phi) is 20.0. The molecule has 0 aliphatic carbocycles. The third-order valence-electron chi connectivity index (χ3n) is 5.57. The molecule has 0 aromatic carbocycles. The van der Waals surface area contributed by atoms with Gasteiger partial charge < -0.3 is 21.5 Å². The fourth-order valence-electron chi connectivity index (χ4n) is 3.64. The van der Waals surface area contributed by atoms with Crippen molar-refractivity contribution in [2.24, 2.45) is 5.73 Å². The van der Waals surface area contributed by atoms with E-state index >= 15 is 0 Å². The van der Waals surface area contributed by atoms with Crippen LogP contribution in [-0.4, -0.2) is 53.5 Å². The first-order chi connectivity index (χ1) is 15.9. The van der Waals surface area contributed by atoms with Crippen LogP contribution < -0.4 is 16.4 Å². The van der Waals surface area contributed by atoms with Gasteiger partial charge >= 0.3 is 6.09 Å². The first kappa shape index (κ1) is 30.7. The highest BCUT2D eigenvalue weighted by Crippen LogP contribution is 2.13. The molecule has 0 unspecified atom stereocenters. The van der Waals surface area contributed by atoms with Gasteiger partial charge in [0.1, 0.15) is 0 Å². The van der Waals surface area contributed by atoms with Gasteiger partial charge in [0, 0.05) is 32.5 Å². The Labute approximate surface area is 199 Å². The Hall–Kier alpha value is -2.32. The van der Waals surface area contributed by atoms with Gasteiger partial charge in [0.15, 0.2) is 5.96 Å². The molecule has 0 aromatic heterocycles. The number of carbonyl (C=O) groups excluding carboxylic acids is 2. The molecule has 0 aromatic rings. The molecule has 0 bridgehead atoms. The summed E-state index contributed by atoms with van der Waals surface area (Å²) < 4.78 is 0. The molecule has 0 radical (unpaired) electrons. The van der Waals surface area contributed by atoms with Gasteiger partial charge in [0.25, 0.3) is 0 Å². The Morgan fingerprint density at radius 2 is 1.39 bits per heavy atom. The maximum atomic E-state index is 11.6. The standard InChI is InChI=1S/C19H40N4O.C5H7NO3/c1-2-3-4-5-6-7-8-9-10-11-12-13-14-15-18(24)22-16-17-23-19(20)21;7-4-2-1-3-6(4)5(8)9/h2-17H2,1H3,(H,22,24)(H4,20,21,23);1-3H2,(H,8,9). The number of guanidine groups is 1. The van der Waals surface area contributed by atoms with Crippen LogP contribution >= 0.6 is 0 Å². The van der Waals surface area contributed by atoms with Crippen molar-refractivity contribution >= 4 is 23.9 Å². The zero-order valence-corrected chi connectivity index (χ0v) is 20.6. The molecule has 9 heteroatoms. The summed E-state index contributed by atoms with van der Waals surface area (Å²) in [6.45, 7) is 3.67.